The van der Waals surface area contributed by atoms with Gasteiger partial charge in [0.15, 0.2) is 0 Å². The minimum atomic E-state index is -0.992. The molecule has 2 N–H and O–H groups in total. The second-order valence-electron chi connectivity index (χ2n) is 9.19. The number of rotatable bonds is 8. The Hall–Kier alpha value is -1.47. The van der Waals surface area contributed by atoms with Crippen molar-refractivity contribution in [3.8, 4) is 0 Å². The fraction of sp³-hybridized carbons (Fsp3) is 0.600. The number of nitrogens with zero attached hydrogens (tertiary/aromatic N) is 2. The normalized spacial score (nSPS) is 13.6. The topological polar surface area (TPSA) is 84.7 Å². The summed E-state index contributed by atoms with van der Waals surface area (Å²) in [5.74, 6) is 0. The molecule has 0 unspecified atom stereocenters. The van der Waals surface area contributed by atoms with Crippen molar-refractivity contribution in [1.29, 1.82) is 0 Å². The summed E-state index contributed by atoms with van der Waals surface area (Å²) in [6.07, 6.45) is 3.38. The van der Waals surface area contributed by atoms with Crippen LogP contribution in [0.5, 0.6) is 0 Å². The van der Waals surface area contributed by atoms with Crippen molar-refractivity contribution < 1.29 is 19.5 Å². The van der Waals surface area contributed by atoms with Crippen molar-refractivity contribution in [2.75, 3.05) is 0 Å². The van der Waals surface area contributed by atoms with Crippen LogP contribution in [0.3, 0.4) is 0 Å². The third-order valence-corrected chi connectivity index (χ3v) is 5.50. The molecule has 2 rings (SSSR count). The minimum Gasteiger partial charge on any atom is -0.427 e. The lowest BCUT2D eigenvalue weighted by Gasteiger charge is -2.37. The zero-order valence-corrected chi connectivity index (χ0v) is 18.1. The summed E-state index contributed by atoms with van der Waals surface area (Å²) in [5, 5.41) is 20.4. The molecule has 2 radical (unpaired) electrons. The molecule has 28 heavy (non-hydrogen) atoms. The molecule has 8 heteroatoms. The highest BCUT2D eigenvalue weighted by Gasteiger charge is 2.36. The standard InChI is InChI=1S/C20H30B2N2O4/c1-17(2,25)19(5,6)27-21-13-9-15-16(23-11-13)10-14(12-24-15)22-28-20(7,8)18(3,4)26/h9-12,25-26H,1-8H3. The highest BCUT2D eigenvalue weighted by atomic mass is 16.5. The Balaban J connectivity index is 2.10. The van der Waals surface area contributed by atoms with Gasteiger partial charge in [-0.2, -0.15) is 0 Å². The molecule has 2 aromatic rings. The molecule has 0 aliphatic heterocycles. The van der Waals surface area contributed by atoms with E-state index in [9.17, 15) is 10.2 Å². The molecule has 0 saturated heterocycles. The summed E-state index contributed by atoms with van der Waals surface area (Å²) < 4.78 is 11.5. The van der Waals surface area contributed by atoms with E-state index >= 15 is 0 Å². The van der Waals surface area contributed by atoms with Gasteiger partial charge in [-0.15, -0.1) is 0 Å². The minimum absolute atomic E-state index is 0.720. The third-order valence-electron chi connectivity index (χ3n) is 5.50. The molecule has 0 bridgehead atoms. The Morgan fingerprint density at radius 3 is 1.29 bits per heavy atom. The first kappa shape index (κ1) is 22.8. The van der Waals surface area contributed by atoms with Crippen molar-refractivity contribution >= 4 is 36.9 Å². The van der Waals surface area contributed by atoms with Crippen LogP contribution < -0.4 is 10.9 Å². The van der Waals surface area contributed by atoms with E-state index in [0.29, 0.717) is 0 Å². The highest BCUT2D eigenvalue weighted by Crippen LogP contribution is 2.25. The molecule has 0 spiro atoms. The van der Waals surface area contributed by atoms with Crippen molar-refractivity contribution in [3.05, 3.63) is 24.5 Å². The lowest BCUT2D eigenvalue weighted by atomic mass is 9.82. The molecule has 150 valence electrons. The molecule has 0 saturated carbocycles. The molecule has 0 aliphatic carbocycles. The van der Waals surface area contributed by atoms with Crippen molar-refractivity contribution in [2.24, 2.45) is 0 Å². The second-order valence-corrected chi connectivity index (χ2v) is 9.19. The van der Waals surface area contributed by atoms with E-state index in [-0.39, 0.29) is 0 Å². The van der Waals surface area contributed by atoms with Gasteiger partial charge in [0.1, 0.15) is 0 Å². The first-order chi connectivity index (χ1) is 12.6. The fourth-order valence-corrected chi connectivity index (χ4v) is 1.88. The van der Waals surface area contributed by atoms with Crippen LogP contribution in [0.15, 0.2) is 24.5 Å². The quantitative estimate of drug-likeness (QED) is 0.667. The number of hydrogen-bond acceptors (Lipinski definition) is 6. The first-order valence-corrected chi connectivity index (χ1v) is 9.35. The average molecular weight is 384 g/mol. The Bertz CT molecular complexity index is 758. The van der Waals surface area contributed by atoms with Crippen LogP contribution in [0, 0.1) is 0 Å². The molecule has 6 nitrogen and oxygen atoms in total. The predicted octanol–water partition coefficient (Wildman–Crippen LogP) is 1.25. The number of hydrogen-bond donors (Lipinski definition) is 2. The number of fused-ring (bicyclic) bond motifs is 1. The van der Waals surface area contributed by atoms with Gasteiger partial charge < -0.3 is 19.5 Å². The second kappa shape index (κ2) is 7.75. The lowest BCUT2D eigenvalue weighted by molar-refractivity contribution is -0.0893. The van der Waals surface area contributed by atoms with E-state index < -0.39 is 22.4 Å². The van der Waals surface area contributed by atoms with Gasteiger partial charge in [0.2, 0.25) is 0 Å². The summed E-state index contributed by atoms with van der Waals surface area (Å²) in [6, 6.07) is 3.74. The molecule has 2 heterocycles. The van der Waals surface area contributed by atoms with Gasteiger partial charge in [-0.25, -0.2) is 0 Å². The van der Waals surface area contributed by atoms with Gasteiger partial charge in [-0.05, 0) is 78.4 Å². The molecular formula is C20H30B2N2O4. The largest absolute Gasteiger partial charge is 0.427 e. The van der Waals surface area contributed by atoms with Crippen LogP contribution in [0.4, 0.5) is 0 Å². The summed E-state index contributed by atoms with van der Waals surface area (Å²) in [5.41, 5.74) is -0.532. The zero-order valence-electron chi connectivity index (χ0n) is 18.1. The van der Waals surface area contributed by atoms with E-state index in [1.54, 1.807) is 55.1 Å². The molecule has 0 fully saturated rings. The summed E-state index contributed by atoms with van der Waals surface area (Å²) >= 11 is 0. The van der Waals surface area contributed by atoms with Gasteiger partial charge in [-0.3, -0.25) is 9.97 Å². The summed E-state index contributed by atoms with van der Waals surface area (Å²) in [7, 11) is 3.17. The Kier molecular flexibility index (Phi) is 6.31. The molecule has 0 atom stereocenters. The summed E-state index contributed by atoms with van der Waals surface area (Å²) in [6.45, 7) is 14.1. The van der Waals surface area contributed by atoms with Gasteiger partial charge in [0.05, 0.1) is 33.4 Å². The molecule has 0 amide bonds. The molecule has 2 aromatic heterocycles. The van der Waals surface area contributed by atoms with Gasteiger partial charge in [-0.1, -0.05) is 0 Å². The number of pyridine rings is 2. The number of aromatic nitrogens is 2. The fourth-order valence-electron chi connectivity index (χ4n) is 1.88. The van der Waals surface area contributed by atoms with Gasteiger partial charge in [0, 0.05) is 12.4 Å². The van der Waals surface area contributed by atoms with Crippen LogP contribution in [-0.4, -0.2) is 57.5 Å². The SMILES string of the molecule is CC(C)(O)C(C)(C)O[B]c1cnc2cc([B]OC(C)(C)C(C)(C)O)cnc2c1. The molecular weight excluding hydrogens is 354 g/mol. The Morgan fingerprint density at radius 1 is 0.679 bits per heavy atom. The monoisotopic (exact) mass is 384 g/mol. The van der Waals surface area contributed by atoms with E-state index in [0.717, 1.165) is 22.0 Å². The average Bonchev–Trinajstić information content (AvgIpc) is 2.56. The van der Waals surface area contributed by atoms with Crippen molar-refractivity contribution in [2.45, 2.75) is 77.8 Å². The van der Waals surface area contributed by atoms with Gasteiger partial charge >= 0.3 is 15.0 Å². The van der Waals surface area contributed by atoms with E-state index in [1.807, 2.05) is 39.8 Å². The van der Waals surface area contributed by atoms with Crippen LogP contribution in [0.1, 0.15) is 55.4 Å². The number of aliphatic hydroxyl groups is 2. The van der Waals surface area contributed by atoms with E-state index in [1.165, 1.54) is 0 Å². The van der Waals surface area contributed by atoms with Crippen molar-refractivity contribution in [3.63, 3.8) is 0 Å². The zero-order chi connectivity index (χ0) is 21.4. The highest BCUT2D eigenvalue weighted by molar-refractivity contribution is 6.48. The smallest absolute Gasteiger partial charge is 0.332 e. The maximum Gasteiger partial charge on any atom is 0.332 e. The maximum absolute atomic E-state index is 10.2. The van der Waals surface area contributed by atoms with E-state index in [2.05, 4.69) is 9.97 Å². The van der Waals surface area contributed by atoms with Crippen LogP contribution in [0.25, 0.3) is 11.0 Å². The van der Waals surface area contributed by atoms with E-state index in [4.69, 9.17) is 9.31 Å². The summed E-state index contributed by atoms with van der Waals surface area (Å²) in [4.78, 5) is 8.87. The third kappa shape index (κ3) is 5.32. The first-order valence-electron chi connectivity index (χ1n) is 9.35. The molecule has 0 aliphatic rings. The van der Waals surface area contributed by atoms with Crippen LogP contribution in [0.2, 0.25) is 0 Å². The predicted molar refractivity (Wildman–Crippen MR) is 113 cm³/mol. The Labute approximate surface area is 169 Å². The lowest BCUT2D eigenvalue weighted by Crippen LogP contribution is -2.49. The van der Waals surface area contributed by atoms with Crippen LogP contribution >= 0.6 is 0 Å². The van der Waals surface area contributed by atoms with Crippen LogP contribution in [-0.2, 0) is 9.31 Å². The maximum atomic E-state index is 10.2. The van der Waals surface area contributed by atoms with Gasteiger partial charge in [0.25, 0.3) is 0 Å². The Morgan fingerprint density at radius 2 is 1.00 bits per heavy atom. The molecule has 0 aromatic carbocycles. The van der Waals surface area contributed by atoms with Crippen molar-refractivity contribution in [1.82, 2.24) is 9.97 Å².